The molecule has 0 aliphatic carbocycles. The predicted octanol–water partition coefficient (Wildman–Crippen LogP) is 1.19. The molecule has 4 nitrogen and oxygen atoms in total. The average molecular weight is 239 g/mol. The van der Waals surface area contributed by atoms with Gasteiger partial charge >= 0.3 is 0 Å². The minimum atomic E-state index is -0.376. The summed E-state index contributed by atoms with van der Waals surface area (Å²) in [6, 6.07) is 4.34. The summed E-state index contributed by atoms with van der Waals surface area (Å²) in [5.74, 6) is -0.488. The summed E-state index contributed by atoms with van der Waals surface area (Å²) < 4.78 is 18.0. The molecule has 0 unspecified atom stereocenters. The van der Waals surface area contributed by atoms with Crippen molar-refractivity contribution in [2.75, 3.05) is 27.3 Å². The van der Waals surface area contributed by atoms with Crippen molar-refractivity contribution in [1.82, 2.24) is 4.90 Å². The molecule has 0 aliphatic rings. The Morgan fingerprint density at radius 3 is 2.82 bits per heavy atom. The maximum atomic E-state index is 13.1. The van der Waals surface area contributed by atoms with Gasteiger partial charge in [-0.05, 0) is 24.7 Å². The van der Waals surface area contributed by atoms with Crippen LogP contribution >= 0.6 is 0 Å². The van der Waals surface area contributed by atoms with Crippen molar-refractivity contribution in [2.45, 2.75) is 6.54 Å². The number of rotatable bonds is 6. The number of nitrogens with two attached hydrogens (primary N) is 1. The van der Waals surface area contributed by atoms with Crippen LogP contribution in [-0.4, -0.2) is 38.0 Å². The lowest BCUT2D eigenvalue weighted by atomic mass is 10.1. The summed E-state index contributed by atoms with van der Waals surface area (Å²) in [7, 11) is 3.58. The first-order chi connectivity index (χ1) is 8.04. The lowest BCUT2D eigenvalue weighted by Crippen LogP contribution is -2.24. The van der Waals surface area contributed by atoms with E-state index in [1.807, 2.05) is 11.9 Å². The third-order valence-corrected chi connectivity index (χ3v) is 2.48. The van der Waals surface area contributed by atoms with Crippen LogP contribution in [0.5, 0.6) is 0 Å². The van der Waals surface area contributed by atoms with Crippen LogP contribution in [0, 0.1) is 11.2 Å². The highest BCUT2D eigenvalue weighted by molar-refractivity contribution is 5.96. The first kappa shape index (κ1) is 13.6. The van der Waals surface area contributed by atoms with Crippen molar-refractivity contribution in [3.63, 3.8) is 0 Å². The fraction of sp³-hybridized carbons (Fsp3) is 0.417. The summed E-state index contributed by atoms with van der Waals surface area (Å²) in [5, 5.41) is 7.42. The molecule has 94 valence electrons. The normalized spacial score (nSPS) is 10.8. The summed E-state index contributed by atoms with van der Waals surface area (Å²) in [4.78, 5) is 2.03. The quantitative estimate of drug-likeness (QED) is 0.579. The molecule has 17 heavy (non-hydrogen) atoms. The van der Waals surface area contributed by atoms with Gasteiger partial charge in [-0.15, -0.1) is 0 Å². The fourth-order valence-electron chi connectivity index (χ4n) is 1.55. The van der Waals surface area contributed by atoms with E-state index in [1.54, 1.807) is 13.2 Å². The standard InChI is InChI=1S/C12H18FN3O/c1-16(5-6-17-2)8-9-3-4-10(13)7-11(9)12(14)15/h3-4,7H,5-6,8H2,1-2H3,(H3,14,15). The molecule has 0 spiro atoms. The molecule has 0 fully saturated rings. The Kier molecular flexibility index (Phi) is 5.06. The highest BCUT2D eigenvalue weighted by Gasteiger charge is 2.09. The molecule has 0 aliphatic heterocycles. The zero-order valence-electron chi connectivity index (χ0n) is 10.2. The van der Waals surface area contributed by atoms with Crippen LogP contribution in [0.4, 0.5) is 4.39 Å². The van der Waals surface area contributed by atoms with Gasteiger partial charge in [-0.3, -0.25) is 10.3 Å². The number of likely N-dealkylation sites (N-methyl/N-ethyl adjacent to an activating group) is 1. The highest BCUT2D eigenvalue weighted by atomic mass is 19.1. The molecular weight excluding hydrogens is 221 g/mol. The van der Waals surface area contributed by atoms with Crippen molar-refractivity contribution in [1.29, 1.82) is 5.41 Å². The van der Waals surface area contributed by atoms with E-state index in [9.17, 15) is 4.39 Å². The van der Waals surface area contributed by atoms with Crippen molar-refractivity contribution < 1.29 is 9.13 Å². The molecule has 1 aromatic rings. The van der Waals surface area contributed by atoms with Gasteiger partial charge in [0, 0.05) is 25.8 Å². The van der Waals surface area contributed by atoms with Gasteiger partial charge in [-0.2, -0.15) is 0 Å². The van der Waals surface area contributed by atoms with E-state index in [-0.39, 0.29) is 11.7 Å². The van der Waals surface area contributed by atoms with Gasteiger partial charge in [0.1, 0.15) is 11.7 Å². The van der Waals surface area contributed by atoms with Crippen LogP contribution in [0.25, 0.3) is 0 Å². The van der Waals surface area contributed by atoms with Crippen molar-refractivity contribution >= 4 is 5.84 Å². The third kappa shape index (κ3) is 4.13. The minimum absolute atomic E-state index is 0.111. The van der Waals surface area contributed by atoms with E-state index in [4.69, 9.17) is 15.9 Å². The van der Waals surface area contributed by atoms with Gasteiger partial charge in [0.05, 0.1) is 6.61 Å². The second kappa shape index (κ2) is 6.32. The molecule has 0 heterocycles. The number of halogens is 1. The first-order valence-electron chi connectivity index (χ1n) is 5.35. The Morgan fingerprint density at radius 2 is 2.24 bits per heavy atom. The topological polar surface area (TPSA) is 62.3 Å². The zero-order chi connectivity index (χ0) is 12.8. The second-order valence-corrected chi connectivity index (χ2v) is 3.95. The number of nitrogen functional groups attached to an aromatic ring is 1. The maximum Gasteiger partial charge on any atom is 0.123 e. The SMILES string of the molecule is COCCN(C)Cc1ccc(F)cc1C(=N)N. The van der Waals surface area contributed by atoms with E-state index in [0.29, 0.717) is 18.7 Å². The number of amidine groups is 1. The first-order valence-corrected chi connectivity index (χ1v) is 5.35. The number of ether oxygens (including phenoxy) is 1. The molecule has 0 bridgehead atoms. The lowest BCUT2D eigenvalue weighted by Gasteiger charge is -2.18. The molecule has 1 rings (SSSR count). The molecule has 5 heteroatoms. The number of nitrogens with zero attached hydrogens (tertiary/aromatic N) is 1. The van der Waals surface area contributed by atoms with Gasteiger partial charge in [-0.25, -0.2) is 4.39 Å². The Bertz CT molecular complexity index is 395. The predicted molar refractivity (Wildman–Crippen MR) is 65.6 cm³/mol. The van der Waals surface area contributed by atoms with Crippen LogP contribution < -0.4 is 5.73 Å². The maximum absolute atomic E-state index is 13.1. The van der Waals surface area contributed by atoms with Crippen LogP contribution in [0.3, 0.4) is 0 Å². The molecule has 0 amide bonds. The van der Waals surface area contributed by atoms with Gasteiger partial charge in [0.15, 0.2) is 0 Å². The Hall–Kier alpha value is -1.46. The molecule has 0 radical (unpaired) electrons. The highest BCUT2D eigenvalue weighted by Crippen LogP contribution is 2.12. The molecular formula is C12H18FN3O. The average Bonchev–Trinajstić information content (AvgIpc) is 2.28. The number of hydrogen-bond acceptors (Lipinski definition) is 3. The summed E-state index contributed by atoms with van der Waals surface area (Å²) in [5.41, 5.74) is 6.73. The third-order valence-electron chi connectivity index (χ3n) is 2.48. The van der Waals surface area contributed by atoms with Crippen molar-refractivity contribution in [3.8, 4) is 0 Å². The summed E-state index contributed by atoms with van der Waals surface area (Å²) >= 11 is 0. The number of nitrogens with one attached hydrogen (secondary N) is 1. The molecule has 0 saturated carbocycles. The Labute approximate surface area is 101 Å². The monoisotopic (exact) mass is 239 g/mol. The second-order valence-electron chi connectivity index (χ2n) is 3.95. The Balaban J connectivity index is 2.79. The van der Waals surface area contributed by atoms with E-state index in [1.165, 1.54) is 12.1 Å². The van der Waals surface area contributed by atoms with Gasteiger partial charge in [0.2, 0.25) is 0 Å². The molecule has 3 N–H and O–H groups in total. The molecule has 0 atom stereocenters. The Morgan fingerprint density at radius 1 is 1.53 bits per heavy atom. The van der Waals surface area contributed by atoms with Gasteiger partial charge in [0.25, 0.3) is 0 Å². The van der Waals surface area contributed by atoms with E-state index >= 15 is 0 Å². The number of benzene rings is 1. The van der Waals surface area contributed by atoms with Crippen LogP contribution in [0.1, 0.15) is 11.1 Å². The van der Waals surface area contributed by atoms with E-state index in [2.05, 4.69) is 0 Å². The van der Waals surface area contributed by atoms with Crippen LogP contribution in [0.2, 0.25) is 0 Å². The summed E-state index contributed by atoms with van der Waals surface area (Å²) in [6.07, 6.45) is 0. The van der Waals surface area contributed by atoms with E-state index < -0.39 is 0 Å². The summed E-state index contributed by atoms with van der Waals surface area (Å²) in [6.45, 7) is 2.01. The molecule has 0 saturated heterocycles. The number of hydrogen-bond donors (Lipinski definition) is 2. The van der Waals surface area contributed by atoms with Crippen molar-refractivity contribution in [3.05, 3.63) is 35.1 Å². The van der Waals surface area contributed by atoms with E-state index in [0.717, 1.165) is 12.1 Å². The van der Waals surface area contributed by atoms with Gasteiger partial charge < -0.3 is 10.5 Å². The minimum Gasteiger partial charge on any atom is -0.384 e. The number of methoxy groups -OCH3 is 1. The fourth-order valence-corrected chi connectivity index (χ4v) is 1.55. The largest absolute Gasteiger partial charge is 0.384 e. The van der Waals surface area contributed by atoms with Crippen molar-refractivity contribution in [2.24, 2.45) is 5.73 Å². The van der Waals surface area contributed by atoms with Crippen LogP contribution in [-0.2, 0) is 11.3 Å². The molecule has 0 aromatic heterocycles. The zero-order valence-corrected chi connectivity index (χ0v) is 10.2. The van der Waals surface area contributed by atoms with Gasteiger partial charge in [-0.1, -0.05) is 6.07 Å². The smallest absolute Gasteiger partial charge is 0.123 e. The van der Waals surface area contributed by atoms with Crippen LogP contribution in [0.15, 0.2) is 18.2 Å². The molecule has 1 aromatic carbocycles. The lowest BCUT2D eigenvalue weighted by molar-refractivity contribution is 0.158.